The van der Waals surface area contributed by atoms with E-state index in [0.29, 0.717) is 9.79 Å². The molecule has 0 heterocycles. The highest BCUT2D eigenvalue weighted by molar-refractivity contribution is 8.76. The fourth-order valence-corrected chi connectivity index (χ4v) is 5.85. The minimum atomic E-state index is -1.000. The van der Waals surface area contributed by atoms with Crippen LogP contribution < -0.4 is 0 Å². The van der Waals surface area contributed by atoms with E-state index in [1.807, 2.05) is 0 Å². The average molecular weight is 499 g/mol. The Bertz CT molecular complexity index is 1000. The molecule has 7 heteroatoms. The summed E-state index contributed by atoms with van der Waals surface area (Å²) in [7, 11) is 2.47. The van der Waals surface area contributed by atoms with Crippen LogP contribution in [-0.2, 0) is 6.54 Å². The van der Waals surface area contributed by atoms with Crippen molar-refractivity contribution in [3.05, 3.63) is 95.6 Å². The van der Waals surface area contributed by atoms with Crippen LogP contribution in [0.1, 0.15) is 47.1 Å². The number of hydrogen-bond acceptors (Lipinski definition) is 4. The summed E-state index contributed by atoms with van der Waals surface area (Å²) in [6.45, 7) is 11.7. The third-order valence-corrected chi connectivity index (χ3v) is 8.31. The molecule has 0 aliphatic carbocycles. The molecule has 0 radical (unpaired) electrons. The molecule has 0 atom stereocenters. The van der Waals surface area contributed by atoms with Gasteiger partial charge in [0.05, 0.1) is 30.8 Å². The number of rotatable bonds is 10. The maximum atomic E-state index is 11.1. The number of carboxylic acids is 2. The van der Waals surface area contributed by atoms with Gasteiger partial charge in [0, 0.05) is 15.4 Å². The minimum absolute atomic E-state index is 0.206. The first kappa shape index (κ1) is 27.5. The SMILES string of the molecule is CC[N+](CC)(CC)Cc1ccccc1.O=C(O)c1ccccc1SSc1ccccc1C(=O)O. The van der Waals surface area contributed by atoms with Gasteiger partial charge >= 0.3 is 11.9 Å². The van der Waals surface area contributed by atoms with Crippen LogP contribution in [0.4, 0.5) is 0 Å². The maximum absolute atomic E-state index is 11.1. The van der Waals surface area contributed by atoms with Gasteiger partial charge in [-0.05, 0) is 45.0 Å². The number of benzene rings is 3. The van der Waals surface area contributed by atoms with Gasteiger partial charge in [0.15, 0.2) is 0 Å². The fourth-order valence-electron chi connectivity index (χ4n) is 3.50. The molecule has 0 bridgehead atoms. The van der Waals surface area contributed by atoms with Crippen molar-refractivity contribution in [2.24, 2.45) is 0 Å². The Labute approximate surface area is 209 Å². The van der Waals surface area contributed by atoms with Gasteiger partial charge in [0.1, 0.15) is 6.54 Å². The summed E-state index contributed by atoms with van der Waals surface area (Å²) in [5.74, 6) is -2.00. The van der Waals surface area contributed by atoms with Crippen LogP contribution >= 0.6 is 21.6 Å². The Morgan fingerprint density at radius 3 is 1.41 bits per heavy atom. The number of aromatic carboxylic acids is 2. The molecule has 5 nitrogen and oxygen atoms in total. The van der Waals surface area contributed by atoms with E-state index in [1.54, 1.807) is 36.4 Å². The van der Waals surface area contributed by atoms with Crippen molar-refractivity contribution in [2.75, 3.05) is 19.6 Å². The fraction of sp³-hybridized carbons (Fsp3) is 0.259. The molecular weight excluding hydrogens is 466 g/mol. The average Bonchev–Trinajstić information content (AvgIpc) is 2.87. The van der Waals surface area contributed by atoms with E-state index in [-0.39, 0.29) is 11.1 Å². The van der Waals surface area contributed by atoms with Crippen LogP contribution in [0.5, 0.6) is 0 Å². The molecule has 0 aliphatic heterocycles. The second kappa shape index (κ2) is 13.8. The van der Waals surface area contributed by atoms with E-state index in [9.17, 15) is 9.59 Å². The van der Waals surface area contributed by atoms with E-state index >= 15 is 0 Å². The topological polar surface area (TPSA) is 74.6 Å². The van der Waals surface area contributed by atoms with E-state index in [0.717, 1.165) is 0 Å². The zero-order valence-corrected chi connectivity index (χ0v) is 21.4. The van der Waals surface area contributed by atoms with Gasteiger partial charge in [-0.15, -0.1) is 0 Å². The first-order valence-electron chi connectivity index (χ1n) is 11.2. The molecule has 2 N–H and O–H groups in total. The standard InChI is InChI=1S/C14H10O4S2.C13H22N/c15-13(16)9-5-1-3-7-11(9)19-20-12-8-4-2-6-10(12)14(17)18;1-4-14(5-2,6-3)12-13-10-8-7-9-11-13/h1-8H,(H,15,16)(H,17,18);7-11H,4-6,12H2,1-3H3/q;+1. The molecule has 0 saturated carbocycles. The second-order valence-corrected chi connectivity index (χ2v) is 9.92. The maximum Gasteiger partial charge on any atom is 0.336 e. The molecule has 0 spiro atoms. The van der Waals surface area contributed by atoms with Crippen LogP contribution in [0.15, 0.2) is 88.7 Å². The Hall–Kier alpha value is -2.74. The van der Waals surface area contributed by atoms with Gasteiger partial charge in [0.25, 0.3) is 0 Å². The van der Waals surface area contributed by atoms with Crippen molar-refractivity contribution in [3.63, 3.8) is 0 Å². The third kappa shape index (κ3) is 7.94. The smallest absolute Gasteiger partial charge is 0.336 e. The lowest BCUT2D eigenvalue weighted by molar-refractivity contribution is -0.936. The van der Waals surface area contributed by atoms with E-state index < -0.39 is 11.9 Å². The zero-order valence-electron chi connectivity index (χ0n) is 19.8. The molecule has 3 aromatic rings. The highest BCUT2D eigenvalue weighted by Crippen LogP contribution is 2.40. The van der Waals surface area contributed by atoms with Crippen LogP contribution in [0.3, 0.4) is 0 Å². The molecule has 0 fully saturated rings. The van der Waals surface area contributed by atoms with Crippen molar-refractivity contribution in [2.45, 2.75) is 37.1 Å². The lowest BCUT2D eigenvalue weighted by Crippen LogP contribution is -2.46. The predicted molar refractivity (Wildman–Crippen MR) is 141 cm³/mol. The second-order valence-electron chi connectivity index (χ2n) is 7.70. The Morgan fingerprint density at radius 1 is 0.647 bits per heavy atom. The number of quaternary nitrogens is 1. The molecule has 0 amide bonds. The van der Waals surface area contributed by atoms with Gasteiger partial charge in [-0.3, -0.25) is 0 Å². The Kier molecular flexibility index (Phi) is 11.2. The van der Waals surface area contributed by atoms with E-state index in [2.05, 4.69) is 51.1 Å². The van der Waals surface area contributed by atoms with E-state index in [1.165, 1.54) is 69.9 Å². The molecule has 0 aromatic heterocycles. The lowest BCUT2D eigenvalue weighted by Gasteiger charge is -2.35. The lowest BCUT2D eigenvalue weighted by atomic mass is 10.2. The molecule has 0 saturated heterocycles. The number of carbonyl (C=O) groups is 2. The monoisotopic (exact) mass is 498 g/mol. The van der Waals surface area contributed by atoms with Crippen LogP contribution in [0.25, 0.3) is 0 Å². The van der Waals surface area contributed by atoms with Gasteiger partial charge in [-0.1, -0.05) is 76.2 Å². The van der Waals surface area contributed by atoms with Gasteiger partial charge in [0.2, 0.25) is 0 Å². The van der Waals surface area contributed by atoms with Gasteiger partial charge < -0.3 is 14.7 Å². The number of nitrogens with zero attached hydrogens (tertiary/aromatic N) is 1. The largest absolute Gasteiger partial charge is 0.478 e. The summed E-state index contributed by atoms with van der Waals surface area (Å²) in [5, 5.41) is 18.2. The first-order valence-corrected chi connectivity index (χ1v) is 13.4. The molecule has 3 rings (SSSR count). The Balaban J connectivity index is 0.000000257. The van der Waals surface area contributed by atoms with Crippen LogP contribution in [-0.4, -0.2) is 46.3 Å². The minimum Gasteiger partial charge on any atom is -0.478 e. The molecule has 180 valence electrons. The van der Waals surface area contributed by atoms with Gasteiger partial charge in [-0.2, -0.15) is 0 Å². The molecule has 0 aliphatic rings. The normalized spacial score (nSPS) is 10.8. The summed E-state index contributed by atoms with van der Waals surface area (Å²) in [6.07, 6.45) is 0. The Morgan fingerprint density at radius 2 is 1.03 bits per heavy atom. The number of hydrogen-bond donors (Lipinski definition) is 2. The summed E-state index contributed by atoms with van der Waals surface area (Å²) in [4.78, 5) is 23.4. The van der Waals surface area contributed by atoms with Crippen molar-refractivity contribution in [3.8, 4) is 0 Å². The molecule has 0 unspecified atom stereocenters. The highest BCUT2D eigenvalue weighted by atomic mass is 33.1. The first-order chi connectivity index (χ1) is 16.4. The molecule has 34 heavy (non-hydrogen) atoms. The van der Waals surface area contributed by atoms with Crippen LogP contribution in [0.2, 0.25) is 0 Å². The quantitative estimate of drug-likeness (QED) is 0.233. The van der Waals surface area contributed by atoms with E-state index in [4.69, 9.17) is 10.2 Å². The summed E-state index contributed by atoms with van der Waals surface area (Å²) in [5.41, 5.74) is 1.87. The molecule has 3 aromatic carbocycles. The van der Waals surface area contributed by atoms with Crippen molar-refractivity contribution < 1.29 is 24.3 Å². The molecular formula is C27H32NO4S2+. The predicted octanol–water partition coefficient (Wildman–Crippen LogP) is 6.95. The summed E-state index contributed by atoms with van der Waals surface area (Å²) >= 11 is 0. The van der Waals surface area contributed by atoms with Crippen molar-refractivity contribution in [1.82, 2.24) is 0 Å². The van der Waals surface area contributed by atoms with Gasteiger partial charge in [-0.25, -0.2) is 9.59 Å². The number of carboxylic acid groups (broad SMARTS) is 2. The van der Waals surface area contributed by atoms with Crippen molar-refractivity contribution >= 4 is 33.5 Å². The van der Waals surface area contributed by atoms with Crippen LogP contribution in [0, 0.1) is 0 Å². The highest BCUT2D eigenvalue weighted by Gasteiger charge is 2.20. The van der Waals surface area contributed by atoms with Crippen molar-refractivity contribution in [1.29, 1.82) is 0 Å². The summed E-state index contributed by atoms with van der Waals surface area (Å²) in [6, 6.07) is 24.1. The summed E-state index contributed by atoms with van der Waals surface area (Å²) < 4.78 is 1.20. The zero-order chi connectivity index (χ0) is 25.0. The third-order valence-electron chi connectivity index (χ3n) is 5.83.